The molecule has 1 aliphatic heterocycles. The molecule has 1 heterocycles. The summed E-state index contributed by atoms with van der Waals surface area (Å²) in [5.41, 5.74) is 5.68. The van der Waals surface area contributed by atoms with Crippen LogP contribution in [0.2, 0.25) is 0 Å². The van der Waals surface area contributed by atoms with Crippen LogP contribution in [0.15, 0.2) is 0 Å². The molecule has 1 saturated heterocycles. The molecule has 5 heteroatoms. The van der Waals surface area contributed by atoms with Crippen molar-refractivity contribution in [3.63, 3.8) is 0 Å². The van der Waals surface area contributed by atoms with Crippen LogP contribution in [0, 0.1) is 5.41 Å². The minimum absolute atomic E-state index is 0.0250. The fraction of sp³-hybridized carbons (Fsp3) is 1.00. The lowest BCUT2D eigenvalue weighted by atomic mass is 9.78. The Morgan fingerprint density at radius 2 is 2.31 bits per heavy atom. The zero-order valence-electron chi connectivity index (χ0n) is 10.4. The molecule has 2 fully saturated rings. The monoisotopic (exact) mass is 227 g/mol. The molecule has 1 aliphatic carbocycles. The molecule has 4 unspecified atom stereocenters. The van der Waals surface area contributed by atoms with Gasteiger partial charge in [-0.15, -0.1) is 0 Å². The maximum atomic E-state index is 5.86. The summed E-state index contributed by atoms with van der Waals surface area (Å²) in [5, 5.41) is 0. The van der Waals surface area contributed by atoms with E-state index in [0.717, 1.165) is 6.42 Å². The molecule has 1 saturated carbocycles. The SMILES string of the molecule is CC(CN)OB1OC(C)C2(C)CCCC2O1. The van der Waals surface area contributed by atoms with Crippen LogP contribution in [-0.4, -0.2) is 32.2 Å². The molecule has 0 bridgehead atoms. The Labute approximate surface area is 98.0 Å². The van der Waals surface area contributed by atoms with Gasteiger partial charge in [-0.2, -0.15) is 0 Å². The van der Waals surface area contributed by atoms with Crippen molar-refractivity contribution in [2.45, 2.75) is 58.3 Å². The first-order valence-electron chi connectivity index (χ1n) is 6.22. The Morgan fingerprint density at radius 3 is 3.00 bits per heavy atom. The minimum atomic E-state index is -0.537. The van der Waals surface area contributed by atoms with Crippen LogP contribution in [-0.2, 0) is 14.0 Å². The van der Waals surface area contributed by atoms with E-state index in [0.29, 0.717) is 6.54 Å². The van der Waals surface area contributed by atoms with E-state index >= 15 is 0 Å². The summed E-state index contributed by atoms with van der Waals surface area (Å²) in [6.45, 7) is 6.78. The van der Waals surface area contributed by atoms with Gasteiger partial charge in [0.25, 0.3) is 0 Å². The summed E-state index contributed by atoms with van der Waals surface area (Å²) in [5.74, 6) is 0. The second-order valence-corrected chi connectivity index (χ2v) is 5.27. The predicted molar refractivity (Wildman–Crippen MR) is 62.7 cm³/mol. The molecule has 16 heavy (non-hydrogen) atoms. The summed E-state index contributed by atoms with van der Waals surface area (Å²) in [6, 6.07) is 0. The smallest absolute Gasteiger partial charge is 0.383 e. The Hall–Kier alpha value is -0.0951. The third-order valence-corrected chi connectivity index (χ3v) is 4.11. The van der Waals surface area contributed by atoms with Gasteiger partial charge in [0.05, 0.1) is 18.3 Å². The lowest BCUT2D eigenvalue weighted by molar-refractivity contribution is -0.111. The fourth-order valence-electron chi connectivity index (χ4n) is 2.65. The van der Waals surface area contributed by atoms with Gasteiger partial charge in [-0.25, -0.2) is 0 Å². The van der Waals surface area contributed by atoms with Crippen LogP contribution in [0.25, 0.3) is 0 Å². The highest BCUT2D eigenvalue weighted by molar-refractivity contribution is 6.36. The number of nitrogens with two attached hydrogens (primary N) is 1. The van der Waals surface area contributed by atoms with E-state index in [1.165, 1.54) is 12.8 Å². The molecule has 2 N–H and O–H groups in total. The highest BCUT2D eigenvalue weighted by Crippen LogP contribution is 2.46. The average molecular weight is 227 g/mol. The lowest BCUT2D eigenvalue weighted by Crippen LogP contribution is -2.53. The third kappa shape index (κ3) is 2.14. The highest BCUT2D eigenvalue weighted by atomic mass is 16.8. The van der Waals surface area contributed by atoms with E-state index in [9.17, 15) is 0 Å². The van der Waals surface area contributed by atoms with Crippen LogP contribution in [0.5, 0.6) is 0 Å². The van der Waals surface area contributed by atoms with Crippen LogP contribution >= 0.6 is 0 Å². The van der Waals surface area contributed by atoms with Gasteiger partial charge in [0.15, 0.2) is 0 Å². The molecule has 0 amide bonds. The van der Waals surface area contributed by atoms with Gasteiger partial charge >= 0.3 is 7.32 Å². The van der Waals surface area contributed by atoms with E-state index in [1.807, 2.05) is 6.92 Å². The van der Waals surface area contributed by atoms with E-state index in [2.05, 4.69) is 13.8 Å². The van der Waals surface area contributed by atoms with Crippen molar-refractivity contribution >= 4 is 7.32 Å². The standard InChI is InChI=1S/C11H22BNO3/c1-8(7-13)14-12-15-9(2)11(3)6-4-5-10(11)16-12/h8-10H,4-7,13H2,1-3H3. The van der Waals surface area contributed by atoms with E-state index in [4.69, 9.17) is 19.7 Å². The van der Waals surface area contributed by atoms with Gasteiger partial charge in [-0.3, -0.25) is 0 Å². The van der Waals surface area contributed by atoms with E-state index in [-0.39, 0.29) is 23.7 Å². The second kappa shape index (κ2) is 4.65. The molecule has 2 aliphatic rings. The average Bonchev–Trinajstić information content (AvgIpc) is 2.61. The van der Waals surface area contributed by atoms with Crippen molar-refractivity contribution in [1.29, 1.82) is 0 Å². The van der Waals surface area contributed by atoms with Crippen molar-refractivity contribution in [2.24, 2.45) is 11.1 Å². The zero-order valence-corrected chi connectivity index (χ0v) is 10.4. The topological polar surface area (TPSA) is 53.7 Å². The molecule has 0 radical (unpaired) electrons. The van der Waals surface area contributed by atoms with Crippen molar-refractivity contribution in [1.82, 2.24) is 0 Å². The normalized spacial score (nSPS) is 40.9. The summed E-state index contributed by atoms with van der Waals surface area (Å²) < 4.78 is 17.2. The maximum Gasteiger partial charge on any atom is 0.640 e. The summed E-state index contributed by atoms with van der Waals surface area (Å²) >= 11 is 0. The summed E-state index contributed by atoms with van der Waals surface area (Å²) in [7, 11) is -0.537. The van der Waals surface area contributed by atoms with E-state index in [1.54, 1.807) is 0 Å². The van der Waals surface area contributed by atoms with Crippen molar-refractivity contribution in [3.8, 4) is 0 Å². The minimum Gasteiger partial charge on any atom is -0.383 e. The third-order valence-electron chi connectivity index (χ3n) is 4.11. The van der Waals surface area contributed by atoms with Crippen molar-refractivity contribution in [2.75, 3.05) is 6.54 Å². The first-order chi connectivity index (χ1) is 7.56. The predicted octanol–water partition coefficient (Wildman–Crippen LogP) is 1.33. The molecule has 4 atom stereocenters. The van der Waals surface area contributed by atoms with Crippen LogP contribution in [0.4, 0.5) is 0 Å². The largest absolute Gasteiger partial charge is 0.640 e. The number of fused-ring (bicyclic) bond motifs is 1. The van der Waals surface area contributed by atoms with Gasteiger partial charge < -0.3 is 19.7 Å². The molecule has 2 rings (SSSR count). The van der Waals surface area contributed by atoms with E-state index < -0.39 is 7.32 Å². The van der Waals surface area contributed by atoms with Crippen LogP contribution in [0.3, 0.4) is 0 Å². The van der Waals surface area contributed by atoms with Gasteiger partial charge in [0.2, 0.25) is 0 Å². The highest BCUT2D eigenvalue weighted by Gasteiger charge is 2.52. The number of hydrogen-bond donors (Lipinski definition) is 1. The number of hydrogen-bond acceptors (Lipinski definition) is 4. The second-order valence-electron chi connectivity index (χ2n) is 5.27. The molecule has 92 valence electrons. The molecule has 0 spiro atoms. The zero-order chi connectivity index (χ0) is 11.8. The molecule has 0 aromatic carbocycles. The van der Waals surface area contributed by atoms with Crippen molar-refractivity contribution < 1.29 is 14.0 Å². The Balaban J connectivity index is 1.97. The molecule has 0 aromatic heterocycles. The number of rotatable bonds is 3. The van der Waals surface area contributed by atoms with Crippen LogP contribution < -0.4 is 5.73 Å². The first kappa shape index (κ1) is 12.4. The lowest BCUT2D eigenvalue weighted by Gasteiger charge is -2.43. The van der Waals surface area contributed by atoms with Gasteiger partial charge in [-0.05, 0) is 26.7 Å². The van der Waals surface area contributed by atoms with Crippen molar-refractivity contribution in [3.05, 3.63) is 0 Å². The molecule has 0 aromatic rings. The van der Waals surface area contributed by atoms with Gasteiger partial charge in [-0.1, -0.05) is 13.3 Å². The molecular formula is C11H22BNO3. The first-order valence-corrected chi connectivity index (χ1v) is 6.22. The Kier molecular flexibility index (Phi) is 3.59. The molecular weight excluding hydrogens is 205 g/mol. The Morgan fingerprint density at radius 1 is 1.56 bits per heavy atom. The van der Waals surface area contributed by atoms with Crippen LogP contribution in [0.1, 0.15) is 40.0 Å². The van der Waals surface area contributed by atoms with Gasteiger partial charge in [0, 0.05) is 12.0 Å². The summed E-state index contributed by atoms with van der Waals surface area (Å²) in [4.78, 5) is 0. The Bertz CT molecular complexity index is 253. The summed E-state index contributed by atoms with van der Waals surface area (Å²) in [6.07, 6.45) is 3.94. The fourth-order valence-corrected chi connectivity index (χ4v) is 2.65. The van der Waals surface area contributed by atoms with Gasteiger partial charge in [0.1, 0.15) is 0 Å². The molecule has 4 nitrogen and oxygen atoms in total. The maximum absolute atomic E-state index is 5.86. The quantitative estimate of drug-likeness (QED) is 0.739.